The van der Waals surface area contributed by atoms with Gasteiger partial charge in [0.2, 0.25) is 0 Å². The van der Waals surface area contributed by atoms with Crippen molar-refractivity contribution < 1.29 is 9.53 Å². The zero-order valence-electron chi connectivity index (χ0n) is 10.3. The summed E-state index contributed by atoms with van der Waals surface area (Å²) in [6.07, 6.45) is 0.399. The van der Waals surface area contributed by atoms with Crippen molar-refractivity contribution in [2.45, 2.75) is 25.9 Å². The summed E-state index contributed by atoms with van der Waals surface area (Å²) in [5.41, 5.74) is 7.06. The van der Waals surface area contributed by atoms with Gasteiger partial charge in [-0.3, -0.25) is 4.90 Å². The van der Waals surface area contributed by atoms with Gasteiger partial charge in [0.15, 0.2) is 0 Å². The first-order chi connectivity index (χ1) is 8.06. The Morgan fingerprint density at radius 3 is 2.82 bits per heavy atom. The summed E-state index contributed by atoms with van der Waals surface area (Å²) >= 11 is 0. The number of cyclic esters (lactones) is 1. The Labute approximate surface area is 101 Å². The van der Waals surface area contributed by atoms with Crippen LogP contribution in [0.5, 0.6) is 0 Å². The Balaban J connectivity index is 2.25. The average molecular weight is 234 g/mol. The van der Waals surface area contributed by atoms with Crippen LogP contribution >= 0.6 is 0 Å². The third-order valence-electron chi connectivity index (χ3n) is 3.13. The number of aryl methyl sites for hydroxylation is 1. The van der Waals surface area contributed by atoms with E-state index in [1.165, 1.54) is 0 Å². The highest BCUT2D eigenvalue weighted by Gasteiger charge is 2.41. The molecule has 1 aliphatic rings. The molecule has 0 saturated carbocycles. The topological polar surface area (TPSA) is 55.6 Å². The molecule has 1 aliphatic heterocycles. The van der Waals surface area contributed by atoms with Crippen molar-refractivity contribution in [2.24, 2.45) is 5.73 Å². The third kappa shape index (κ3) is 2.26. The quantitative estimate of drug-likeness (QED) is 0.871. The molecule has 1 saturated heterocycles. The van der Waals surface area contributed by atoms with E-state index in [4.69, 9.17) is 10.5 Å². The first-order valence-electron chi connectivity index (χ1n) is 5.82. The molecule has 0 bridgehead atoms. The van der Waals surface area contributed by atoms with Crippen LogP contribution in [0.4, 0.5) is 10.5 Å². The van der Waals surface area contributed by atoms with Crippen molar-refractivity contribution in [3.63, 3.8) is 0 Å². The second kappa shape index (κ2) is 4.37. The Bertz CT molecular complexity index is 433. The molecular weight excluding hydrogens is 216 g/mol. The number of nitrogens with two attached hydrogens (primary N) is 1. The van der Waals surface area contributed by atoms with Gasteiger partial charge in [-0.1, -0.05) is 18.2 Å². The van der Waals surface area contributed by atoms with Crippen LogP contribution in [0.2, 0.25) is 0 Å². The van der Waals surface area contributed by atoms with E-state index in [2.05, 4.69) is 0 Å². The summed E-state index contributed by atoms with van der Waals surface area (Å²) in [6, 6.07) is 7.81. The van der Waals surface area contributed by atoms with Gasteiger partial charge in [-0.25, -0.2) is 4.79 Å². The van der Waals surface area contributed by atoms with E-state index < -0.39 is 5.60 Å². The van der Waals surface area contributed by atoms with Gasteiger partial charge in [0.1, 0.15) is 5.60 Å². The second-order valence-electron chi connectivity index (χ2n) is 4.73. The molecule has 1 atom stereocenters. The lowest BCUT2D eigenvalue weighted by molar-refractivity contribution is 0.0672. The molecule has 1 aromatic rings. The minimum absolute atomic E-state index is 0.282. The van der Waals surface area contributed by atoms with Gasteiger partial charge in [-0.05, 0) is 32.0 Å². The molecule has 4 nitrogen and oxygen atoms in total. The van der Waals surface area contributed by atoms with Crippen molar-refractivity contribution in [1.29, 1.82) is 0 Å². The molecule has 4 heteroatoms. The lowest BCUT2D eigenvalue weighted by Crippen LogP contribution is -2.33. The maximum Gasteiger partial charge on any atom is 0.415 e. The van der Waals surface area contributed by atoms with E-state index in [1.54, 1.807) is 4.90 Å². The lowest BCUT2D eigenvalue weighted by atomic mass is 10.0. The van der Waals surface area contributed by atoms with Crippen LogP contribution in [0.1, 0.15) is 18.9 Å². The summed E-state index contributed by atoms with van der Waals surface area (Å²) in [4.78, 5) is 13.6. The Kier molecular flexibility index (Phi) is 3.07. The number of benzene rings is 1. The fraction of sp³-hybridized carbons (Fsp3) is 0.462. The van der Waals surface area contributed by atoms with Crippen molar-refractivity contribution in [3.05, 3.63) is 29.8 Å². The standard InChI is InChI=1S/C13H18N2O2/c1-10-5-3-4-6-11(10)15-9-13(2,7-8-14)17-12(15)16/h3-6H,7-9,14H2,1-2H3. The Morgan fingerprint density at radius 2 is 2.18 bits per heavy atom. The number of ether oxygens (including phenoxy) is 1. The highest BCUT2D eigenvalue weighted by molar-refractivity contribution is 5.91. The molecule has 0 radical (unpaired) electrons. The summed E-state index contributed by atoms with van der Waals surface area (Å²) in [5, 5.41) is 0. The first kappa shape index (κ1) is 11.9. The van der Waals surface area contributed by atoms with Crippen LogP contribution in [-0.2, 0) is 4.74 Å². The molecular formula is C13H18N2O2. The molecule has 0 aromatic heterocycles. The van der Waals surface area contributed by atoms with Crippen molar-refractivity contribution in [2.75, 3.05) is 18.0 Å². The first-order valence-corrected chi connectivity index (χ1v) is 5.82. The summed E-state index contributed by atoms with van der Waals surface area (Å²) < 4.78 is 5.42. The monoisotopic (exact) mass is 234 g/mol. The van der Waals surface area contributed by atoms with Gasteiger partial charge in [0.25, 0.3) is 0 Å². The number of carbonyl (C=O) groups excluding carboxylic acids is 1. The van der Waals surface area contributed by atoms with Gasteiger partial charge in [0.05, 0.1) is 12.2 Å². The van der Waals surface area contributed by atoms with E-state index >= 15 is 0 Å². The Hall–Kier alpha value is -1.55. The van der Waals surface area contributed by atoms with Crippen molar-refractivity contribution >= 4 is 11.8 Å². The minimum atomic E-state index is -0.464. The smallest absolute Gasteiger partial charge is 0.415 e. The van der Waals surface area contributed by atoms with Crippen molar-refractivity contribution in [1.82, 2.24) is 0 Å². The molecule has 0 aliphatic carbocycles. The molecule has 1 aromatic carbocycles. The fourth-order valence-electron chi connectivity index (χ4n) is 2.18. The van der Waals surface area contributed by atoms with Gasteiger partial charge in [-0.15, -0.1) is 0 Å². The highest BCUT2D eigenvalue weighted by atomic mass is 16.6. The second-order valence-corrected chi connectivity index (χ2v) is 4.73. The number of carbonyl (C=O) groups is 1. The van der Waals surface area contributed by atoms with Gasteiger partial charge in [0, 0.05) is 6.42 Å². The average Bonchev–Trinajstić information content (AvgIpc) is 2.55. The molecule has 92 valence electrons. The number of anilines is 1. The van der Waals surface area contributed by atoms with Crippen molar-refractivity contribution in [3.8, 4) is 0 Å². The zero-order valence-corrected chi connectivity index (χ0v) is 10.3. The molecule has 0 spiro atoms. The number of nitrogens with zero attached hydrogens (tertiary/aromatic N) is 1. The van der Waals surface area contributed by atoms with Crippen LogP contribution in [0.25, 0.3) is 0 Å². The predicted molar refractivity (Wildman–Crippen MR) is 67.1 cm³/mol. The molecule has 1 amide bonds. The maximum absolute atomic E-state index is 11.9. The van der Waals surface area contributed by atoms with Gasteiger partial charge >= 0.3 is 6.09 Å². The summed E-state index contributed by atoms with van der Waals surface area (Å²) in [7, 11) is 0. The van der Waals surface area contributed by atoms with Crippen LogP contribution in [-0.4, -0.2) is 24.8 Å². The largest absolute Gasteiger partial charge is 0.441 e. The van der Waals surface area contributed by atoms with Gasteiger partial charge < -0.3 is 10.5 Å². The SMILES string of the molecule is Cc1ccccc1N1CC(C)(CCN)OC1=O. The zero-order chi connectivity index (χ0) is 12.5. The molecule has 2 rings (SSSR count). The van der Waals surface area contributed by atoms with E-state index in [0.717, 1.165) is 11.3 Å². The van der Waals surface area contributed by atoms with Crippen LogP contribution in [0.15, 0.2) is 24.3 Å². The van der Waals surface area contributed by atoms with E-state index in [0.29, 0.717) is 19.5 Å². The molecule has 1 unspecified atom stereocenters. The molecule has 1 fully saturated rings. The van der Waals surface area contributed by atoms with Gasteiger partial charge in [-0.2, -0.15) is 0 Å². The fourth-order valence-corrected chi connectivity index (χ4v) is 2.18. The third-order valence-corrected chi connectivity index (χ3v) is 3.13. The summed E-state index contributed by atoms with van der Waals surface area (Å²) in [6.45, 7) is 5.00. The van der Waals surface area contributed by atoms with E-state index in [-0.39, 0.29) is 6.09 Å². The Morgan fingerprint density at radius 1 is 1.47 bits per heavy atom. The molecule has 1 heterocycles. The molecule has 2 N–H and O–H groups in total. The normalized spacial score (nSPS) is 23.9. The number of hydrogen-bond acceptors (Lipinski definition) is 3. The number of rotatable bonds is 3. The minimum Gasteiger partial charge on any atom is -0.441 e. The van der Waals surface area contributed by atoms with Crippen LogP contribution < -0.4 is 10.6 Å². The van der Waals surface area contributed by atoms with Crippen LogP contribution in [0.3, 0.4) is 0 Å². The summed E-state index contributed by atoms with van der Waals surface area (Å²) in [5.74, 6) is 0. The predicted octanol–water partition coefficient (Wildman–Crippen LogP) is 2.06. The molecule has 17 heavy (non-hydrogen) atoms. The van der Waals surface area contributed by atoms with E-state index in [9.17, 15) is 4.79 Å². The van der Waals surface area contributed by atoms with E-state index in [1.807, 2.05) is 38.1 Å². The highest BCUT2D eigenvalue weighted by Crippen LogP contribution is 2.31. The van der Waals surface area contributed by atoms with Crippen LogP contribution in [0, 0.1) is 6.92 Å². The number of hydrogen-bond donors (Lipinski definition) is 1. The number of para-hydroxylation sites is 1. The number of amides is 1. The maximum atomic E-state index is 11.9. The lowest BCUT2D eigenvalue weighted by Gasteiger charge is -2.21.